The standard InChI is InChI=1S/C12H16O/c1-9(2)10-7-8-13-12-6-4-3-5-11(10)12/h3-7,9,11-12H,8H2,1-2H3. The number of allylic oxidation sites excluding steroid dienone is 2. The van der Waals surface area contributed by atoms with E-state index in [0.29, 0.717) is 11.8 Å². The number of ether oxygens (including phenoxy) is 1. The summed E-state index contributed by atoms with van der Waals surface area (Å²) in [4.78, 5) is 0. The molecule has 2 unspecified atom stereocenters. The summed E-state index contributed by atoms with van der Waals surface area (Å²) in [5.41, 5.74) is 1.52. The minimum absolute atomic E-state index is 0.285. The molecule has 2 rings (SSSR count). The van der Waals surface area contributed by atoms with Crippen molar-refractivity contribution in [1.82, 2.24) is 0 Å². The van der Waals surface area contributed by atoms with E-state index in [2.05, 4.69) is 44.2 Å². The molecule has 2 aliphatic rings. The van der Waals surface area contributed by atoms with Crippen molar-refractivity contribution in [2.45, 2.75) is 20.0 Å². The molecule has 0 spiro atoms. The minimum atomic E-state index is 0.285. The molecule has 0 fully saturated rings. The van der Waals surface area contributed by atoms with Crippen LogP contribution in [0.1, 0.15) is 13.8 Å². The predicted octanol–water partition coefficient (Wildman–Crippen LogP) is 2.71. The van der Waals surface area contributed by atoms with Crippen LogP contribution < -0.4 is 0 Å². The summed E-state index contributed by atoms with van der Waals surface area (Å²) >= 11 is 0. The molecule has 0 saturated carbocycles. The van der Waals surface area contributed by atoms with Crippen LogP contribution in [0.4, 0.5) is 0 Å². The predicted molar refractivity (Wildman–Crippen MR) is 54.4 cm³/mol. The maximum absolute atomic E-state index is 5.65. The molecule has 1 heterocycles. The van der Waals surface area contributed by atoms with Gasteiger partial charge in [0.05, 0.1) is 12.7 Å². The van der Waals surface area contributed by atoms with E-state index in [-0.39, 0.29) is 6.10 Å². The van der Waals surface area contributed by atoms with Crippen molar-refractivity contribution in [3.63, 3.8) is 0 Å². The molecule has 70 valence electrons. The molecule has 1 nitrogen and oxygen atoms in total. The normalized spacial score (nSPS) is 31.8. The summed E-state index contributed by atoms with van der Waals surface area (Å²) in [7, 11) is 0. The Balaban J connectivity index is 2.24. The molecule has 0 aromatic carbocycles. The van der Waals surface area contributed by atoms with Crippen molar-refractivity contribution in [3.8, 4) is 0 Å². The largest absolute Gasteiger partial charge is 0.369 e. The van der Waals surface area contributed by atoms with E-state index in [1.807, 2.05) is 0 Å². The van der Waals surface area contributed by atoms with Gasteiger partial charge in [0, 0.05) is 5.92 Å². The second-order valence-corrected chi connectivity index (χ2v) is 3.95. The van der Waals surface area contributed by atoms with Crippen molar-refractivity contribution >= 4 is 0 Å². The number of fused-ring (bicyclic) bond motifs is 1. The summed E-state index contributed by atoms with van der Waals surface area (Å²) in [6.45, 7) is 5.27. The van der Waals surface area contributed by atoms with Gasteiger partial charge >= 0.3 is 0 Å². The lowest BCUT2D eigenvalue weighted by Crippen LogP contribution is -2.29. The van der Waals surface area contributed by atoms with Crippen LogP contribution in [-0.4, -0.2) is 12.7 Å². The van der Waals surface area contributed by atoms with Gasteiger partial charge in [0.25, 0.3) is 0 Å². The van der Waals surface area contributed by atoms with Gasteiger partial charge in [-0.05, 0) is 5.92 Å². The Morgan fingerprint density at radius 1 is 1.31 bits per heavy atom. The highest BCUT2D eigenvalue weighted by atomic mass is 16.5. The first-order valence-electron chi connectivity index (χ1n) is 4.95. The zero-order valence-electron chi connectivity index (χ0n) is 8.23. The third kappa shape index (κ3) is 1.61. The van der Waals surface area contributed by atoms with Gasteiger partial charge in [-0.1, -0.05) is 49.8 Å². The SMILES string of the molecule is CC(C)C1=CCOC2C=CC=CC12. The summed E-state index contributed by atoms with van der Waals surface area (Å²) in [5, 5.41) is 0. The number of hydrogen-bond acceptors (Lipinski definition) is 1. The smallest absolute Gasteiger partial charge is 0.0863 e. The zero-order chi connectivity index (χ0) is 9.26. The highest BCUT2D eigenvalue weighted by molar-refractivity contribution is 5.28. The second-order valence-electron chi connectivity index (χ2n) is 3.95. The highest BCUT2D eigenvalue weighted by Crippen LogP contribution is 2.31. The molecule has 0 aromatic heterocycles. The molecule has 0 amide bonds. The Hall–Kier alpha value is -0.820. The molecular formula is C12H16O. The Morgan fingerprint density at radius 2 is 2.08 bits per heavy atom. The van der Waals surface area contributed by atoms with Crippen LogP contribution in [0.15, 0.2) is 36.0 Å². The zero-order valence-corrected chi connectivity index (χ0v) is 8.23. The average Bonchev–Trinajstić information content (AvgIpc) is 2.17. The fourth-order valence-electron chi connectivity index (χ4n) is 2.06. The van der Waals surface area contributed by atoms with E-state index in [1.165, 1.54) is 5.57 Å². The quantitative estimate of drug-likeness (QED) is 0.558. The number of rotatable bonds is 1. The molecule has 0 aromatic rings. The third-order valence-electron chi connectivity index (χ3n) is 2.74. The molecule has 13 heavy (non-hydrogen) atoms. The second kappa shape index (κ2) is 3.51. The van der Waals surface area contributed by atoms with Crippen molar-refractivity contribution in [2.24, 2.45) is 11.8 Å². The fourth-order valence-corrected chi connectivity index (χ4v) is 2.06. The Bertz CT molecular complexity index is 271. The maximum atomic E-state index is 5.65. The Labute approximate surface area is 79.8 Å². The summed E-state index contributed by atoms with van der Waals surface area (Å²) < 4.78 is 5.65. The van der Waals surface area contributed by atoms with Crippen LogP contribution >= 0.6 is 0 Å². The first-order chi connectivity index (χ1) is 6.29. The van der Waals surface area contributed by atoms with Crippen LogP contribution in [0.5, 0.6) is 0 Å². The van der Waals surface area contributed by atoms with Gasteiger partial charge in [-0.3, -0.25) is 0 Å². The van der Waals surface area contributed by atoms with Gasteiger partial charge < -0.3 is 4.74 Å². The van der Waals surface area contributed by atoms with Gasteiger partial charge in [-0.15, -0.1) is 0 Å². The topological polar surface area (TPSA) is 9.23 Å². The maximum Gasteiger partial charge on any atom is 0.0863 e. The molecule has 1 aliphatic carbocycles. The molecule has 2 atom stereocenters. The van der Waals surface area contributed by atoms with E-state index in [4.69, 9.17) is 4.74 Å². The van der Waals surface area contributed by atoms with Crippen LogP contribution in [-0.2, 0) is 4.74 Å². The summed E-state index contributed by atoms with van der Waals surface area (Å²) in [6.07, 6.45) is 11.1. The molecule has 1 heteroatoms. The highest BCUT2D eigenvalue weighted by Gasteiger charge is 2.27. The van der Waals surface area contributed by atoms with Gasteiger partial charge in [0.1, 0.15) is 0 Å². The Morgan fingerprint density at radius 3 is 2.85 bits per heavy atom. The first-order valence-corrected chi connectivity index (χ1v) is 4.95. The van der Waals surface area contributed by atoms with E-state index < -0.39 is 0 Å². The van der Waals surface area contributed by atoms with E-state index >= 15 is 0 Å². The molecule has 1 aliphatic heterocycles. The van der Waals surface area contributed by atoms with Crippen LogP contribution in [0.3, 0.4) is 0 Å². The molecule has 0 bridgehead atoms. The Kier molecular flexibility index (Phi) is 2.36. The van der Waals surface area contributed by atoms with Crippen LogP contribution in [0, 0.1) is 11.8 Å². The van der Waals surface area contributed by atoms with Crippen molar-refractivity contribution in [3.05, 3.63) is 36.0 Å². The lowest BCUT2D eigenvalue weighted by molar-refractivity contribution is 0.0717. The lowest BCUT2D eigenvalue weighted by atomic mass is 9.82. The summed E-state index contributed by atoms with van der Waals surface area (Å²) in [5.74, 6) is 1.12. The minimum Gasteiger partial charge on any atom is -0.369 e. The van der Waals surface area contributed by atoms with E-state index in [1.54, 1.807) is 0 Å². The van der Waals surface area contributed by atoms with Crippen molar-refractivity contribution in [2.75, 3.05) is 6.61 Å². The first kappa shape index (κ1) is 8.76. The monoisotopic (exact) mass is 176 g/mol. The van der Waals surface area contributed by atoms with Gasteiger partial charge in [0.15, 0.2) is 0 Å². The third-order valence-corrected chi connectivity index (χ3v) is 2.74. The van der Waals surface area contributed by atoms with Crippen molar-refractivity contribution < 1.29 is 4.74 Å². The van der Waals surface area contributed by atoms with E-state index in [9.17, 15) is 0 Å². The van der Waals surface area contributed by atoms with E-state index in [0.717, 1.165) is 6.61 Å². The summed E-state index contributed by atoms with van der Waals surface area (Å²) in [6, 6.07) is 0. The van der Waals surface area contributed by atoms with Crippen LogP contribution in [0.25, 0.3) is 0 Å². The average molecular weight is 176 g/mol. The van der Waals surface area contributed by atoms with Gasteiger partial charge in [-0.2, -0.15) is 0 Å². The van der Waals surface area contributed by atoms with Crippen molar-refractivity contribution in [1.29, 1.82) is 0 Å². The lowest BCUT2D eigenvalue weighted by Gasteiger charge is -2.32. The molecule has 0 saturated heterocycles. The number of hydrogen-bond donors (Lipinski definition) is 0. The fraction of sp³-hybridized carbons (Fsp3) is 0.500. The van der Waals surface area contributed by atoms with Gasteiger partial charge in [0.2, 0.25) is 0 Å². The van der Waals surface area contributed by atoms with Crippen LogP contribution in [0.2, 0.25) is 0 Å². The molecule has 0 N–H and O–H groups in total. The molecular weight excluding hydrogens is 160 g/mol. The molecule has 0 radical (unpaired) electrons. The van der Waals surface area contributed by atoms with Gasteiger partial charge in [-0.25, -0.2) is 0 Å².